The molecule has 0 bridgehead atoms. The average molecular weight is 500 g/mol. The number of rotatable bonds is 7. The summed E-state index contributed by atoms with van der Waals surface area (Å²) in [6, 6.07) is 12.5. The van der Waals surface area contributed by atoms with Crippen molar-refractivity contribution in [3.63, 3.8) is 0 Å². The maximum absolute atomic E-state index is 12.8. The third kappa shape index (κ3) is 5.34. The predicted octanol–water partition coefficient (Wildman–Crippen LogP) is 4.18. The fraction of sp³-hybridized carbons (Fsp3) is 0.375. The molecule has 10 heteroatoms. The third-order valence-corrected chi connectivity index (χ3v) is 8.82. The number of nitrogens with one attached hydrogen (secondary N) is 1. The molecule has 0 aliphatic carbocycles. The van der Waals surface area contributed by atoms with Gasteiger partial charge in [0.05, 0.1) is 15.8 Å². The Hall–Kier alpha value is -2.69. The van der Waals surface area contributed by atoms with Crippen LogP contribution in [0.5, 0.6) is 0 Å². The Morgan fingerprint density at radius 2 is 1.76 bits per heavy atom. The van der Waals surface area contributed by atoms with Gasteiger partial charge in [-0.25, -0.2) is 8.42 Å². The van der Waals surface area contributed by atoms with E-state index in [4.69, 9.17) is 0 Å². The van der Waals surface area contributed by atoms with Crippen LogP contribution in [0.3, 0.4) is 0 Å². The predicted molar refractivity (Wildman–Crippen MR) is 134 cm³/mol. The lowest BCUT2D eigenvalue weighted by Crippen LogP contribution is -2.35. The molecule has 0 saturated carbocycles. The van der Waals surface area contributed by atoms with Crippen LogP contribution in [-0.2, 0) is 14.8 Å². The first-order chi connectivity index (χ1) is 16.3. The van der Waals surface area contributed by atoms with Crippen LogP contribution in [0.1, 0.15) is 37.3 Å². The number of hydrogen-bond acceptors (Lipinski definition) is 6. The minimum Gasteiger partial charge on any atom is -0.325 e. The van der Waals surface area contributed by atoms with Gasteiger partial charge < -0.3 is 5.32 Å². The molecule has 180 valence electrons. The SMILES string of the molecule is Cc1ccc(-n2cnnc2SC(C)C(=O)Nc2ccc(S(=O)(=O)N3CCCCC3)cc2)c(C)c1. The van der Waals surface area contributed by atoms with Crippen molar-refractivity contribution in [1.29, 1.82) is 0 Å². The van der Waals surface area contributed by atoms with E-state index in [1.165, 1.54) is 21.6 Å². The zero-order chi connectivity index (χ0) is 24.3. The highest BCUT2D eigenvalue weighted by Crippen LogP contribution is 2.27. The summed E-state index contributed by atoms with van der Waals surface area (Å²) in [4.78, 5) is 13.1. The number of aromatic nitrogens is 3. The van der Waals surface area contributed by atoms with Crippen molar-refractivity contribution < 1.29 is 13.2 Å². The van der Waals surface area contributed by atoms with Crippen molar-refractivity contribution in [1.82, 2.24) is 19.1 Å². The molecule has 34 heavy (non-hydrogen) atoms. The van der Waals surface area contributed by atoms with Gasteiger partial charge in [-0.1, -0.05) is 35.9 Å². The van der Waals surface area contributed by atoms with E-state index in [0.717, 1.165) is 30.5 Å². The highest BCUT2D eigenvalue weighted by molar-refractivity contribution is 8.00. The van der Waals surface area contributed by atoms with Gasteiger partial charge in [-0.3, -0.25) is 9.36 Å². The molecule has 1 N–H and O–H groups in total. The van der Waals surface area contributed by atoms with Crippen LogP contribution in [0.25, 0.3) is 5.69 Å². The van der Waals surface area contributed by atoms with Crippen molar-refractivity contribution in [2.75, 3.05) is 18.4 Å². The second-order valence-corrected chi connectivity index (χ2v) is 11.8. The fourth-order valence-electron chi connectivity index (χ4n) is 3.97. The standard InChI is InChI=1S/C24H29N5O3S2/c1-17-7-12-22(18(2)15-17)29-16-25-27-24(29)33-19(3)23(30)26-20-8-10-21(11-9-20)34(31,32)28-13-5-4-6-14-28/h7-12,15-16,19H,4-6,13-14H2,1-3H3,(H,26,30). The van der Waals surface area contributed by atoms with Gasteiger partial charge in [0.15, 0.2) is 5.16 Å². The average Bonchev–Trinajstić information content (AvgIpc) is 3.27. The van der Waals surface area contributed by atoms with Crippen LogP contribution in [0.2, 0.25) is 0 Å². The summed E-state index contributed by atoms with van der Waals surface area (Å²) in [7, 11) is -3.50. The Kier molecular flexibility index (Phi) is 7.39. The Labute approximate surface area is 204 Å². The number of aryl methyl sites for hydroxylation is 2. The van der Waals surface area contributed by atoms with Gasteiger partial charge in [0.1, 0.15) is 6.33 Å². The second-order valence-electron chi connectivity index (χ2n) is 8.51. The van der Waals surface area contributed by atoms with Crippen LogP contribution in [0.4, 0.5) is 5.69 Å². The first kappa shape index (κ1) is 24.4. The summed E-state index contributed by atoms with van der Waals surface area (Å²) in [5.41, 5.74) is 3.78. The first-order valence-electron chi connectivity index (χ1n) is 11.3. The smallest absolute Gasteiger partial charge is 0.243 e. The molecule has 1 fully saturated rings. The van der Waals surface area contributed by atoms with Gasteiger partial charge in [0.25, 0.3) is 0 Å². The first-order valence-corrected chi connectivity index (χ1v) is 13.6. The fourth-order valence-corrected chi connectivity index (χ4v) is 6.32. The van der Waals surface area contributed by atoms with E-state index in [2.05, 4.69) is 21.6 Å². The minimum absolute atomic E-state index is 0.202. The van der Waals surface area contributed by atoms with Gasteiger partial charge in [0, 0.05) is 18.8 Å². The third-order valence-electron chi connectivity index (χ3n) is 5.85. The monoisotopic (exact) mass is 499 g/mol. The van der Waals surface area contributed by atoms with Crippen molar-refractivity contribution >= 4 is 33.4 Å². The van der Waals surface area contributed by atoms with Crippen molar-refractivity contribution in [3.05, 3.63) is 59.9 Å². The maximum atomic E-state index is 12.8. The van der Waals surface area contributed by atoms with E-state index in [9.17, 15) is 13.2 Å². The summed E-state index contributed by atoms with van der Waals surface area (Å²) in [5.74, 6) is -0.202. The molecular formula is C24H29N5O3S2. The zero-order valence-corrected chi connectivity index (χ0v) is 21.2. The van der Waals surface area contributed by atoms with E-state index in [1.807, 2.05) is 30.5 Å². The molecule has 4 rings (SSSR count). The van der Waals surface area contributed by atoms with Gasteiger partial charge in [-0.15, -0.1) is 10.2 Å². The zero-order valence-electron chi connectivity index (χ0n) is 19.6. The number of carbonyl (C=O) groups excluding carboxylic acids is 1. The summed E-state index contributed by atoms with van der Waals surface area (Å²) < 4.78 is 29.1. The lowest BCUT2D eigenvalue weighted by atomic mass is 10.1. The molecule has 2 heterocycles. The molecule has 8 nitrogen and oxygen atoms in total. The molecule has 3 aromatic rings. The normalized spacial score (nSPS) is 15.7. The highest BCUT2D eigenvalue weighted by atomic mass is 32.2. The number of benzene rings is 2. The van der Waals surface area contributed by atoms with E-state index >= 15 is 0 Å². The topological polar surface area (TPSA) is 97.2 Å². The largest absolute Gasteiger partial charge is 0.325 e. The highest BCUT2D eigenvalue weighted by Gasteiger charge is 2.26. The minimum atomic E-state index is -3.50. The number of hydrogen-bond donors (Lipinski definition) is 1. The Bertz CT molecular complexity index is 1270. The lowest BCUT2D eigenvalue weighted by molar-refractivity contribution is -0.115. The van der Waals surface area contributed by atoms with E-state index in [0.29, 0.717) is 23.9 Å². The van der Waals surface area contributed by atoms with Gasteiger partial charge in [-0.05, 0) is 69.5 Å². The molecular weight excluding hydrogens is 470 g/mol. The number of nitrogens with zero attached hydrogens (tertiary/aromatic N) is 4. The molecule has 1 aliphatic rings. The Morgan fingerprint density at radius 3 is 2.44 bits per heavy atom. The number of anilines is 1. The Balaban J connectivity index is 1.41. The quantitative estimate of drug-likeness (QED) is 0.490. The molecule has 1 atom stereocenters. The summed E-state index contributed by atoms with van der Waals surface area (Å²) >= 11 is 1.31. The molecule has 1 amide bonds. The van der Waals surface area contributed by atoms with Gasteiger partial charge in [-0.2, -0.15) is 4.31 Å². The number of piperidine rings is 1. The summed E-state index contributed by atoms with van der Waals surface area (Å²) in [5, 5.41) is 11.3. The van der Waals surface area contributed by atoms with Gasteiger partial charge in [0.2, 0.25) is 15.9 Å². The summed E-state index contributed by atoms with van der Waals surface area (Å²) in [6.45, 7) is 6.99. The van der Waals surface area contributed by atoms with Crippen LogP contribution in [0, 0.1) is 13.8 Å². The molecule has 0 spiro atoms. The maximum Gasteiger partial charge on any atom is 0.243 e. The van der Waals surface area contributed by atoms with Gasteiger partial charge >= 0.3 is 0 Å². The van der Waals surface area contributed by atoms with Crippen LogP contribution < -0.4 is 5.32 Å². The molecule has 1 saturated heterocycles. The van der Waals surface area contributed by atoms with E-state index < -0.39 is 15.3 Å². The second kappa shape index (κ2) is 10.3. The van der Waals surface area contributed by atoms with Crippen LogP contribution >= 0.6 is 11.8 Å². The molecule has 1 aliphatic heterocycles. The van der Waals surface area contributed by atoms with Crippen LogP contribution in [-0.4, -0.2) is 51.7 Å². The number of thioether (sulfide) groups is 1. The molecule has 1 unspecified atom stereocenters. The molecule has 0 radical (unpaired) electrons. The number of amides is 1. The van der Waals surface area contributed by atoms with Crippen LogP contribution in [0.15, 0.2) is 58.8 Å². The van der Waals surface area contributed by atoms with Crippen molar-refractivity contribution in [2.24, 2.45) is 0 Å². The molecule has 1 aromatic heterocycles. The number of carbonyl (C=O) groups is 1. The lowest BCUT2D eigenvalue weighted by Gasteiger charge is -2.25. The Morgan fingerprint density at radius 1 is 1.06 bits per heavy atom. The number of sulfonamides is 1. The van der Waals surface area contributed by atoms with E-state index in [-0.39, 0.29) is 10.8 Å². The van der Waals surface area contributed by atoms with Crippen molar-refractivity contribution in [2.45, 2.75) is 55.3 Å². The van der Waals surface area contributed by atoms with E-state index in [1.54, 1.807) is 37.5 Å². The summed E-state index contributed by atoms with van der Waals surface area (Å²) in [6.07, 6.45) is 4.49. The molecule has 2 aromatic carbocycles. The van der Waals surface area contributed by atoms with Crippen molar-refractivity contribution in [3.8, 4) is 5.69 Å².